The number of sulfone groups is 1. The highest BCUT2D eigenvalue weighted by atomic mass is 32.2. The van der Waals surface area contributed by atoms with E-state index in [1.807, 2.05) is 6.07 Å². The van der Waals surface area contributed by atoms with E-state index in [2.05, 4.69) is 5.32 Å². The number of nitrogens with zero attached hydrogens (tertiary/aromatic N) is 1. The number of ether oxygens (including phenoxy) is 1. The Hall–Kier alpha value is -2.07. The van der Waals surface area contributed by atoms with E-state index in [-0.39, 0.29) is 23.3 Å². The number of hydrogen-bond acceptors (Lipinski definition) is 5. The van der Waals surface area contributed by atoms with Gasteiger partial charge in [0.25, 0.3) is 5.91 Å². The molecule has 0 aromatic heterocycles. The number of nitriles is 1. The Morgan fingerprint density at radius 1 is 1.45 bits per heavy atom. The van der Waals surface area contributed by atoms with Crippen molar-refractivity contribution in [3.63, 3.8) is 0 Å². The molecule has 0 saturated carbocycles. The van der Waals surface area contributed by atoms with E-state index in [1.165, 1.54) is 0 Å². The van der Waals surface area contributed by atoms with Crippen LogP contribution >= 0.6 is 0 Å². The molecule has 1 amide bonds. The highest BCUT2D eigenvalue weighted by molar-refractivity contribution is 7.91. The molecule has 7 heteroatoms. The molecule has 6 nitrogen and oxygen atoms in total. The zero-order chi connectivity index (χ0) is 16.2. The van der Waals surface area contributed by atoms with Crippen molar-refractivity contribution in [1.82, 2.24) is 5.32 Å². The maximum Gasteiger partial charge on any atom is 0.260 e. The minimum absolute atomic E-state index is 0.0175. The van der Waals surface area contributed by atoms with E-state index >= 15 is 0 Å². The van der Waals surface area contributed by atoms with Gasteiger partial charge in [0.2, 0.25) is 0 Å². The van der Waals surface area contributed by atoms with Gasteiger partial charge in [-0.05, 0) is 43.5 Å². The molecular formula is C15H18N2O4S. The maximum atomic E-state index is 12.0. The Morgan fingerprint density at radius 3 is 2.68 bits per heavy atom. The molecule has 118 valence electrons. The van der Waals surface area contributed by atoms with E-state index in [4.69, 9.17) is 10.00 Å². The lowest BCUT2D eigenvalue weighted by Crippen LogP contribution is -2.39. The zero-order valence-electron chi connectivity index (χ0n) is 12.3. The van der Waals surface area contributed by atoms with Crippen molar-refractivity contribution >= 4 is 15.7 Å². The first-order valence-electron chi connectivity index (χ1n) is 7.04. The fourth-order valence-electron chi connectivity index (χ4n) is 2.29. The van der Waals surface area contributed by atoms with Crippen molar-refractivity contribution in [2.45, 2.75) is 19.4 Å². The molecule has 1 aromatic carbocycles. The highest BCUT2D eigenvalue weighted by Gasteiger charge is 2.28. The standard InChI is InChI=1S/C15H18N2O4S/c1-11(21-14-4-2-12(8-16)3-5-14)15(18)17-9-13-6-7-22(19,20)10-13/h2-5,11,13H,6-7,9-10H2,1H3,(H,17,18)/t11-,13+/m0/s1. The van der Waals surface area contributed by atoms with Gasteiger partial charge < -0.3 is 10.1 Å². The van der Waals surface area contributed by atoms with Crippen molar-refractivity contribution in [3.8, 4) is 11.8 Å². The van der Waals surface area contributed by atoms with E-state index < -0.39 is 15.9 Å². The molecule has 0 unspecified atom stereocenters. The topological polar surface area (TPSA) is 96.3 Å². The minimum Gasteiger partial charge on any atom is -0.481 e. The van der Waals surface area contributed by atoms with Gasteiger partial charge >= 0.3 is 0 Å². The van der Waals surface area contributed by atoms with Gasteiger partial charge in [-0.3, -0.25) is 4.79 Å². The molecule has 1 aromatic rings. The second-order valence-electron chi connectivity index (χ2n) is 5.41. The van der Waals surface area contributed by atoms with Crippen LogP contribution in [0, 0.1) is 17.2 Å². The van der Waals surface area contributed by atoms with Gasteiger partial charge in [-0.2, -0.15) is 5.26 Å². The molecule has 0 aliphatic carbocycles. The number of nitrogens with one attached hydrogen (secondary N) is 1. The molecule has 1 aliphatic rings. The summed E-state index contributed by atoms with van der Waals surface area (Å²) in [7, 11) is -2.93. The number of hydrogen-bond donors (Lipinski definition) is 1. The first-order valence-corrected chi connectivity index (χ1v) is 8.87. The van der Waals surface area contributed by atoms with Crippen LogP contribution in [0.2, 0.25) is 0 Å². The van der Waals surface area contributed by atoms with Crippen LogP contribution in [0.3, 0.4) is 0 Å². The first kappa shape index (κ1) is 16.3. The fourth-order valence-corrected chi connectivity index (χ4v) is 4.15. The third-order valence-electron chi connectivity index (χ3n) is 3.56. The summed E-state index contributed by atoms with van der Waals surface area (Å²) in [5, 5.41) is 11.4. The number of amides is 1. The van der Waals surface area contributed by atoms with E-state index in [0.717, 1.165) is 0 Å². The van der Waals surface area contributed by atoms with Gasteiger partial charge in [0, 0.05) is 6.54 Å². The zero-order valence-corrected chi connectivity index (χ0v) is 13.1. The Kier molecular flexibility index (Phi) is 5.03. The smallest absolute Gasteiger partial charge is 0.260 e. The Bertz CT molecular complexity index is 676. The molecule has 1 saturated heterocycles. The van der Waals surface area contributed by atoms with Crippen molar-refractivity contribution in [3.05, 3.63) is 29.8 Å². The average Bonchev–Trinajstić information content (AvgIpc) is 2.84. The molecule has 0 radical (unpaired) electrons. The minimum atomic E-state index is -2.93. The van der Waals surface area contributed by atoms with Crippen LogP contribution in [0.15, 0.2) is 24.3 Å². The van der Waals surface area contributed by atoms with Gasteiger partial charge in [-0.15, -0.1) is 0 Å². The summed E-state index contributed by atoms with van der Waals surface area (Å²) in [6, 6.07) is 8.50. The largest absolute Gasteiger partial charge is 0.481 e. The van der Waals surface area contributed by atoms with Gasteiger partial charge in [-0.25, -0.2) is 8.42 Å². The molecule has 2 atom stereocenters. The first-order chi connectivity index (χ1) is 10.4. The van der Waals surface area contributed by atoms with Crippen molar-refractivity contribution < 1.29 is 17.9 Å². The van der Waals surface area contributed by atoms with Gasteiger partial charge in [0.15, 0.2) is 15.9 Å². The third-order valence-corrected chi connectivity index (χ3v) is 5.39. The SMILES string of the molecule is C[C@H](Oc1ccc(C#N)cc1)C(=O)NC[C@H]1CCS(=O)(=O)C1. The molecular weight excluding hydrogens is 304 g/mol. The lowest BCUT2D eigenvalue weighted by molar-refractivity contribution is -0.127. The molecule has 0 spiro atoms. The van der Waals surface area contributed by atoms with Gasteiger partial charge in [0.05, 0.1) is 23.1 Å². The summed E-state index contributed by atoms with van der Waals surface area (Å²) in [5.74, 6) is 0.540. The van der Waals surface area contributed by atoms with Crippen molar-refractivity contribution in [1.29, 1.82) is 5.26 Å². The molecule has 1 heterocycles. The predicted octanol–water partition coefficient (Wildman–Crippen LogP) is 0.876. The van der Waals surface area contributed by atoms with Crippen LogP contribution in [0.5, 0.6) is 5.75 Å². The third kappa shape index (κ3) is 4.46. The van der Waals surface area contributed by atoms with E-state index in [9.17, 15) is 13.2 Å². The molecule has 1 aliphatic heterocycles. The van der Waals surface area contributed by atoms with Crippen molar-refractivity contribution in [2.75, 3.05) is 18.1 Å². The molecule has 0 bridgehead atoms. The Balaban J connectivity index is 1.80. The summed E-state index contributed by atoms with van der Waals surface area (Å²) in [4.78, 5) is 12.0. The van der Waals surface area contributed by atoms with Crippen molar-refractivity contribution in [2.24, 2.45) is 5.92 Å². The molecule has 1 fully saturated rings. The van der Waals surface area contributed by atoms with Crippen LogP contribution in [-0.4, -0.2) is 38.5 Å². The van der Waals surface area contributed by atoms with Crippen LogP contribution in [0.25, 0.3) is 0 Å². The maximum absolute atomic E-state index is 12.0. The van der Waals surface area contributed by atoms with Gasteiger partial charge in [0.1, 0.15) is 5.75 Å². The molecule has 2 rings (SSSR count). The van der Waals surface area contributed by atoms with Crippen LogP contribution < -0.4 is 10.1 Å². The monoisotopic (exact) mass is 322 g/mol. The summed E-state index contributed by atoms with van der Waals surface area (Å²) >= 11 is 0. The lowest BCUT2D eigenvalue weighted by atomic mass is 10.1. The Labute approximate surface area is 130 Å². The molecule has 22 heavy (non-hydrogen) atoms. The fraction of sp³-hybridized carbons (Fsp3) is 0.467. The number of carbonyl (C=O) groups excluding carboxylic acids is 1. The van der Waals surface area contributed by atoms with Crippen LogP contribution in [0.1, 0.15) is 18.9 Å². The number of carbonyl (C=O) groups is 1. The predicted molar refractivity (Wildman–Crippen MR) is 81.0 cm³/mol. The lowest BCUT2D eigenvalue weighted by Gasteiger charge is -2.16. The van der Waals surface area contributed by atoms with Crippen LogP contribution in [0.4, 0.5) is 0 Å². The number of rotatable bonds is 5. The van der Waals surface area contributed by atoms with Gasteiger partial charge in [-0.1, -0.05) is 0 Å². The average molecular weight is 322 g/mol. The van der Waals surface area contributed by atoms with E-state index in [0.29, 0.717) is 24.3 Å². The molecule has 1 N–H and O–H groups in total. The quantitative estimate of drug-likeness (QED) is 0.868. The second kappa shape index (κ2) is 6.79. The van der Waals surface area contributed by atoms with E-state index in [1.54, 1.807) is 31.2 Å². The summed E-state index contributed by atoms with van der Waals surface area (Å²) in [6.07, 6.45) is -0.0982. The summed E-state index contributed by atoms with van der Waals surface area (Å²) in [6.45, 7) is 1.97. The normalized spacial score (nSPS) is 20.8. The Morgan fingerprint density at radius 2 is 2.14 bits per heavy atom. The highest BCUT2D eigenvalue weighted by Crippen LogP contribution is 2.17. The second-order valence-corrected chi connectivity index (χ2v) is 7.64. The van der Waals surface area contributed by atoms with Crippen LogP contribution in [-0.2, 0) is 14.6 Å². The summed E-state index contributed by atoms with van der Waals surface area (Å²) < 4.78 is 28.2. The summed E-state index contributed by atoms with van der Waals surface area (Å²) in [5.41, 5.74) is 0.520. The number of benzene rings is 1.